The van der Waals surface area contributed by atoms with Crippen LogP contribution in [0.2, 0.25) is 0 Å². The van der Waals surface area contributed by atoms with E-state index in [2.05, 4.69) is 15.9 Å². The molecule has 2 N–H and O–H groups in total. The quantitative estimate of drug-likeness (QED) is 0.904. The van der Waals surface area contributed by atoms with Gasteiger partial charge in [0, 0.05) is 36.1 Å². The Labute approximate surface area is 116 Å². The molecule has 0 aromatic heterocycles. The van der Waals surface area contributed by atoms with E-state index in [0.29, 0.717) is 13.1 Å². The monoisotopic (exact) mass is 314 g/mol. The summed E-state index contributed by atoms with van der Waals surface area (Å²) in [5.74, 6) is 0.658. The molecule has 0 spiro atoms. The number of nitrogens with two attached hydrogens (primary N) is 1. The van der Waals surface area contributed by atoms with Crippen LogP contribution in [0, 0.1) is 5.92 Å². The Morgan fingerprint density at radius 1 is 1.56 bits per heavy atom. The van der Waals surface area contributed by atoms with Crippen LogP contribution in [0.5, 0.6) is 5.75 Å². The summed E-state index contributed by atoms with van der Waals surface area (Å²) in [5, 5.41) is 0. The lowest BCUT2D eigenvalue weighted by atomic mass is 10.1. The van der Waals surface area contributed by atoms with Crippen LogP contribution in [0.25, 0.3) is 0 Å². The first kappa shape index (κ1) is 15.0. The fourth-order valence-electron chi connectivity index (χ4n) is 1.68. The Kier molecular flexibility index (Phi) is 5.62. The second-order valence-electron chi connectivity index (χ2n) is 4.29. The average Bonchev–Trinajstić information content (AvgIpc) is 2.37. The highest BCUT2D eigenvalue weighted by Crippen LogP contribution is 2.24. The van der Waals surface area contributed by atoms with Crippen LogP contribution in [-0.2, 0) is 11.3 Å². The number of ether oxygens (including phenoxy) is 1. The largest absolute Gasteiger partial charge is 0.496 e. The van der Waals surface area contributed by atoms with E-state index in [4.69, 9.17) is 10.5 Å². The lowest BCUT2D eigenvalue weighted by molar-refractivity contribution is -0.133. The van der Waals surface area contributed by atoms with Gasteiger partial charge in [-0.25, -0.2) is 0 Å². The maximum atomic E-state index is 12.0. The molecule has 5 heteroatoms. The Balaban J connectivity index is 2.83. The molecule has 1 aromatic rings. The summed E-state index contributed by atoms with van der Waals surface area (Å²) >= 11 is 3.42. The van der Waals surface area contributed by atoms with Crippen LogP contribution < -0.4 is 10.5 Å². The number of rotatable bonds is 5. The predicted molar refractivity (Wildman–Crippen MR) is 75.4 cm³/mol. The molecule has 0 bridgehead atoms. The summed E-state index contributed by atoms with van der Waals surface area (Å²) in [4.78, 5) is 13.6. The Morgan fingerprint density at radius 2 is 2.22 bits per heavy atom. The third-order valence-electron chi connectivity index (χ3n) is 2.80. The third-order valence-corrected chi connectivity index (χ3v) is 3.29. The van der Waals surface area contributed by atoms with Gasteiger partial charge in [-0.05, 0) is 18.2 Å². The highest BCUT2D eigenvalue weighted by Gasteiger charge is 2.17. The van der Waals surface area contributed by atoms with E-state index in [1.807, 2.05) is 25.1 Å². The van der Waals surface area contributed by atoms with Crippen molar-refractivity contribution in [1.29, 1.82) is 0 Å². The molecular weight excluding hydrogens is 296 g/mol. The van der Waals surface area contributed by atoms with E-state index < -0.39 is 0 Å². The zero-order valence-electron chi connectivity index (χ0n) is 10.9. The molecule has 0 heterocycles. The summed E-state index contributed by atoms with van der Waals surface area (Å²) in [6, 6.07) is 5.74. The number of halogens is 1. The summed E-state index contributed by atoms with van der Waals surface area (Å²) in [6.45, 7) is 2.70. The van der Waals surface area contributed by atoms with Crippen molar-refractivity contribution in [2.75, 3.05) is 20.7 Å². The van der Waals surface area contributed by atoms with E-state index >= 15 is 0 Å². The van der Waals surface area contributed by atoms with Gasteiger partial charge < -0.3 is 15.4 Å². The first-order chi connectivity index (χ1) is 8.49. The minimum atomic E-state index is -0.159. The molecule has 0 aliphatic carbocycles. The van der Waals surface area contributed by atoms with Gasteiger partial charge in [-0.2, -0.15) is 0 Å². The van der Waals surface area contributed by atoms with Crippen LogP contribution in [0.3, 0.4) is 0 Å². The Morgan fingerprint density at radius 3 is 2.78 bits per heavy atom. The fourth-order valence-corrected chi connectivity index (χ4v) is 2.09. The smallest absolute Gasteiger partial charge is 0.226 e. The van der Waals surface area contributed by atoms with Crippen molar-refractivity contribution in [3.8, 4) is 5.75 Å². The summed E-state index contributed by atoms with van der Waals surface area (Å²) in [7, 11) is 3.39. The number of benzene rings is 1. The van der Waals surface area contributed by atoms with Gasteiger partial charge in [0.2, 0.25) is 5.91 Å². The standard InChI is InChI=1S/C13H19BrN2O2/c1-9(7-15)13(17)16(2)8-10-6-11(14)4-5-12(10)18-3/h4-6,9H,7-8,15H2,1-3H3. The lowest BCUT2D eigenvalue weighted by Crippen LogP contribution is -2.34. The highest BCUT2D eigenvalue weighted by molar-refractivity contribution is 9.10. The van der Waals surface area contributed by atoms with Crippen LogP contribution in [0.1, 0.15) is 12.5 Å². The first-order valence-corrected chi connectivity index (χ1v) is 6.56. The molecule has 1 aromatic carbocycles. The zero-order chi connectivity index (χ0) is 13.7. The number of nitrogens with zero attached hydrogens (tertiary/aromatic N) is 1. The Bertz CT molecular complexity index is 423. The van der Waals surface area contributed by atoms with Gasteiger partial charge in [-0.15, -0.1) is 0 Å². The van der Waals surface area contributed by atoms with E-state index in [1.165, 1.54) is 0 Å². The second kappa shape index (κ2) is 6.75. The molecule has 0 fully saturated rings. The predicted octanol–water partition coefficient (Wildman–Crippen LogP) is 2.01. The fraction of sp³-hybridized carbons (Fsp3) is 0.462. The van der Waals surface area contributed by atoms with E-state index in [-0.39, 0.29) is 11.8 Å². The zero-order valence-corrected chi connectivity index (χ0v) is 12.5. The highest BCUT2D eigenvalue weighted by atomic mass is 79.9. The van der Waals surface area contributed by atoms with Gasteiger partial charge in [-0.1, -0.05) is 22.9 Å². The summed E-state index contributed by atoms with van der Waals surface area (Å²) in [6.07, 6.45) is 0. The van der Waals surface area contributed by atoms with Crippen molar-refractivity contribution in [1.82, 2.24) is 4.90 Å². The lowest BCUT2D eigenvalue weighted by Gasteiger charge is -2.21. The number of amides is 1. The third kappa shape index (κ3) is 3.71. The number of carbonyl (C=O) groups is 1. The molecule has 0 aliphatic rings. The van der Waals surface area contributed by atoms with Crippen LogP contribution in [0.4, 0.5) is 0 Å². The molecule has 4 nitrogen and oxygen atoms in total. The second-order valence-corrected chi connectivity index (χ2v) is 5.20. The van der Waals surface area contributed by atoms with Gasteiger partial charge in [0.05, 0.1) is 7.11 Å². The SMILES string of the molecule is COc1ccc(Br)cc1CN(C)C(=O)C(C)CN. The van der Waals surface area contributed by atoms with Crippen LogP contribution in [-0.4, -0.2) is 31.5 Å². The average molecular weight is 315 g/mol. The minimum Gasteiger partial charge on any atom is -0.496 e. The summed E-state index contributed by atoms with van der Waals surface area (Å²) < 4.78 is 6.25. The first-order valence-electron chi connectivity index (χ1n) is 5.77. The molecule has 1 unspecified atom stereocenters. The topological polar surface area (TPSA) is 55.6 Å². The maximum absolute atomic E-state index is 12.0. The van der Waals surface area contributed by atoms with Gasteiger partial charge >= 0.3 is 0 Å². The molecule has 1 rings (SSSR count). The van der Waals surface area contributed by atoms with Crippen molar-refractivity contribution < 1.29 is 9.53 Å². The maximum Gasteiger partial charge on any atom is 0.226 e. The van der Waals surface area contributed by atoms with Crippen molar-refractivity contribution in [3.63, 3.8) is 0 Å². The number of methoxy groups -OCH3 is 1. The van der Waals surface area contributed by atoms with E-state index in [0.717, 1.165) is 15.8 Å². The summed E-state index contributed by atoms with van der Waals surface area (Å²) in [5.41, 5.74) is 6.47. The van der Waals surface area contributed by atoms with Crippen molar-refractivity contribution in [2.24, 2.45) is 11.7 Å². The van der Waals surface area contributed by atoms with Crippen molar-refractivity contribution in [3.05, 3.63) is 28.2 Å². The van der Waals surface area contributed by atoms with Gasteiger partial charge in [0.1, 0.15) is 5.75 Å². The van der Waals surface area contributed by atoms with Crippen LogP contribution in [0.15, 0.2) is 22.7 Å². The molecule has 0 radical (unpaired) electrons. The van der Waals surface area contributed by atoms with Gasteiger partial charge in [0.15, 0.2) is 0 Å². The number of carbonyl (C=O) groups excluding carboxylic acids is 1. The van der Waals surface area contributed by atoms with E-state index in [9.17, 15) is 4.79 Å². The van der Waals surface area contributed by atoms with Crippen molar-refractivity contribution in [2.45, 2.75) is 13.5 Å². The number of hydrogen-bond acceptors (Lipinski definition) is 3. The molecule has 0 saturated carbocycles. The molecule has 0 aliphatic heterocycles. The normalized spacial score (nSPS) is 12.1. The molecule has 1 amide bonds. The molecule has 18 heavy (non-hydrogen) atoms. The molecular formula is C13H19BrN2O2. The molecule has 0 saturated heterocycles. The molecule has 1 atom stereocenters. The minimum absolute atomic E-state index is 0.0412. The van der Waals surface area contributed by atoms with Gasteiger partial charge in [0.25, 0.3) is 0 Å². The van der Waals surface area contributed by atoms with Crippen molar-refractivity contribution >= 4 is 21.8 Å². The molecule has 100 valence electrons. The Hall–Kier alpha value is -1.07. The van der Waals surface area contributed by atoms with E-state index in [1.54, 1.807) is 19.1 Å². The van der Waals surface area contributed by atoms with Crippen LogP contribution >= 0.6 is 15.9 Å². The van der Waals surface area contributed by atoms with Gasteiger partial charge in [-0.3, -0.25) is 4.79 Å². The number of hydrogen-bond donors (Lipinski definition) is 1.